The van der Waals surface area contributed by atoms with Gasteiger partial charge in [-0.1, -0.05) is 85.8 Å². The van der Waals surface area contributed by atoms with E-state index in [4.69, 9.17) is 8.53 Å². The van der Waals surface area contributed by atoms with Gasteiger partial charge in [0.25, 0.3) is 0 Å². The second-order valence-electron chi connectivity index (χ2n) is 14.2. The number of hydrogen-bond donors (Lipinski definition) is 0. The fourth-order valence-corrected chi connectivity index (χ4v) is 7.83. The van der Waals surface area contributed by atoms with Gasteiger partial charge in [0.05, 0.1) is 5.58 Å². The molecule has 0 fully saturated rings. The first-order valence-electron chi connectivity index (χ1n) is 17.5. The Kier molecular flexibility index (Phi) is 9.66. The van der Waals surface area contributed by atoms with Crippen molar-refractivity contribution in [2.45, 2.75) is 51.3 Å². The number of fused-ring (bicyclic) bond motifs is 3. The van der Waals surface area contributed by atoms with E-state index in [1.807, 2.05) is 30.6 Å². The molecule has 0 atom stereocenters. The third-order valence-electron chi connectivity index (χ3n) is 8.07. The molecule has 0 saturated carbocycles. The Bertz CT molecular complexity index is 2180. The number of pyridine rings is 2. The van der Waals surface area contributed by atoms with Crippen LogP contribution in [0.3, 0.4) is 0 Å². The van der Waals surface area contributed by atoms with Gasteiger partial charge in [-0.2, -0.15) is 0 Å². The van der Waals surface area contributed by atoms with E-state index in [-0.39, 0.29) is 25.5 Å². The predicted molar refractivity (Wildman–Crippen MR) is 201 cm³/mol. The molecule has 0 aliphatic rings. The maximum Gasteiger partial charge on any atom is 0 e. The van der Waals surface area contributed by atoms with Crippen molar-refractivity contribution in [3.8, 4) is 33.6 Å². The summed E-state index contributed by atoms with van der Waals surface area (Å²) >= 11 is -1.83. The molecule has 3 nitrogen and oxygen atoms in total. The second-order valence-corrected chi connectivity index (χ2v) is 24.9. The van der Waals surface area contributed by atoms with Gasteiger partial charge in [0.15, 0.2) is 0 Å². The Morgan fingerprint density at radius 2 is 1.60 bits per heavy atom. The molecule has 0 bridgehead atoms. The van der Waals surface area contributed by atoms with Crippen LogP contribution in [0, 0.1) is 24.4 Å². The minimum absolute atomic E-state index is 0. The summed E-state index contributed by atoms with van der Waals surface area (Å²) in [5.74, 6) is 6.98. The molecule has 5 heteroatoms. The molecule has 3 heterocycles. The Balaban J connectivity index is 0.000000211. The summed E-state index contributed by atoms with van der Waals surface area (Å²) in [4.78, 5) is 9.12. The molecule has 0 N–H and O–H groups in total. The van der Waals surface area contributed by atoms with Crippen molar-refractivity contribution in [2.75, 3.05) is 0 Å². The van der Waals surface area contributed by atoms with Gasteiger partial charge in [0.1, 0.15) is 5.58 Å². The summed E-state index contributed by atoms with van der Waals surface area (Å²) in [6, 6.07) is 40.5. The average Bonchev–Trinajstić information content (AvgIpc) is 3.46. The third-order valence-corrected chi connectivity index (χ3v) is 12.3. The average molecular weight is 871 g/mol. The van der Waals surface area contributed by atoms with Gasteiger partial charge in [0, 0.05) is 31.7 Å². The fraction of sp³-hybridized carbons (Fsp3) is 0.209. The summed E-state index contributed by atoms with van der Waals surface area (Å²) in [6.07, 6.45) is 4.83. The standard InChI is InChI=1S/C28H24NO.C15H18GeN.Ir/c1-28(2,3)18-19-14-15-29-25(16-19)24-11-7-10-23-22-13-12-21(17-26(22)30-27(23)24)20-8-5-4-6-9-20;1-12-5-7-13(8-6-12)15-10-9-14(11-17-15)16(2,3)4;/h4-10,12-17H,18H2,1-3H3;5-7,9-11H,1-4H3;/q2*-1;/i;1D3;. The summed E-state index contributed by atoms with van der Waals surface area (Å²) in [5, 5.41) is 2.21. The van der Waals surface area contributed by atoms with E-state index in [1.54, 1.807) is 12.1 Å². The van der Waals surface area contributed by atoms with Crippen molar-refractivity contribution < 1.29 is 28.6 Å². The first kappa shape index (κ1) is 31.4. The summed E-state index contributed by atoms with van der Waals surface area (Å²) < 4.78 is 29.8. The Morgan fingerprint density at radius 1 is 0.792 bits per heavy atom. The zero-order chi connectivity index (χ0) is 35.7. The van der Waals surface area contributed by atoms with Crippen molar-refractivity contribution in [3.05, 3.63) is 139 Å². The zero-order valence-corrected chi connectivity index (χ0v) is 32.8. The van der Waals surface area contributed by atoms with Crippen LogP contribution in [0.5, 0.6) is 0 Å². The maximum atomic E-state index is 7.35. The van der Waals surface area contributed by atoms with Crippen LogP contribution in [-0.4, -0.2) is 23.2 Å². The van der Waals surface area contributed by atoms with Gasteiger partial charge in [0.2, 0.25) is 0 Å². The molecule has 0 spiro atoms. The molecule has 7 rings (SSSR count). The Hall–Kier alpha value is -3.83. The largest absolute Gasteiger partial charge is 0 e. The second kappa shape index (κ2) is 14.7. The van der Waals surface area contributed by atoms with Crippen LogP contribution in [0.2, 0.25) is 17.3 Å². The molecule has 0 unspecified atom stereocenters. The molecule has 0 aliphatic carbocycles. The van der Waals surface area contributed by atoms with Crippen LogP contribution in [0.15, 0.2) is 120 Å². The van der Waals surface area contributed by atoms with E-state index in [0.717, 1.165) is 56.4 Å². The van der Waals surface area contributed by atoms with Crippen molar-refractivity contribution in [1.29, 1.82) is 0 Å². The quantitative estimate of drug-likeness (QED) is 0.128. The number of hydrogen-bond acceptors (Lipinski definition) is 3. The Morgan fingerprint density at radius 3 is 2.27 bits per heavy atom. The normalized spacial score (nSPS) is 12.8. The number of aromatic nitrogens is 2. The smallest absolute Gasteiger partial charge is 0 e. The fourth-order valence-electron chi connectivity index (χ4n) is 5.66. The molecule has 7 aromatic rings. The van der Waals surface area contributed by atoms with Crippen molar-refractivity contribution in [3.63, 3.8) is 0 Å². The molecular formula is C43H42GeIrN2O-2. The number of rotatable bonds is 5. The molecule has 48 heavy (non-hydrogen) atoms. The Labute approximate surface area is 305 Å². The molecule has 1 radical (unpaired) electrons. The van der Waals surface area contributed by atoms with Gasteiger partial charge >= 0.3 is 110 Å². The van der Waals surface area contributed by atoms with Crippen molar-refractivity contribution in [2.24, 2.45) is 5.41 Å². The molecular weight excluding hydrogens is 825 g/mol. The van der Waals surface area contributed by atoms with E-state index in [1.165, 1.54) is 21.6 Å². The van der Waals surface area contributed by atoms with Crippen molar-refractivity contribution in [1.82, 2.24) is 9.97 Å². The number of aryl methyl sites for hydroxylation is 1. The van der Waals surface area contributed by atoms with Crippen LogP contribution in [0.4, 0.5) is 0 Å². The number of benzene rings is 4. The summed E-state index contributed by atoms with van der Waals surface area (Å²) in [6.45, 7) is 4.68. The maximum absolute atomic E-state index is 7.35. The van der Waals surface area contributed by atoms with E-state index in [0.29, 0.717) is 5.56 Å². The van der Waals surface area contributed by atoms with Gasteiger partial charge in [-0.15, -0.1) is 18.2 Å². The minimum atomic E-state index is -2.08. The van der Waals surface area contributed by atoms with Crippen LogP contribution >= 0.6 is 0 Å². The van der Waals surface area contributed by atoms with Gasteiger partial charge in [-0.25, -0.2) is 0 Å². The molecule has 3 aromatic heterocycles. The number of furan rings is 1. The summed E-state index contributed by atoms with van der Waals surface area (Å²) in [5.41, 5.74) is 9.36. The zero-order valence-electron chi connectivity index (χ0n) is 31.3. The topological polar surface area (TPSA) is 38.9 Å². The third kappa shape index (κ3) is 8.41. The molecule has 0 saturated heterocycles. The summed E-state index contributed by atoms with van der Waals surface area (Å²) in [7, 11) is 0. The molecule has 0 amide bonds. The molecule has 0 aliphatic heterocycles. The van der Waals surface area contributed by atoms with Crippen molar-refractivity contribution >= 4 is 39.6 Å². The molecule has 245 valence electrons. The van der Waals surface area contributed by atoms with Crippen LogP contribution < -0.4 is 4.40 Å². The van der Waals surface area contributed by atoms with Gasteiger partial charge in [-0.05, 0) is 40.8 Å². The van der Waals surface area contributed by atoms with Crippen LogP contribution in [-0.2, 0) is 26.5 Å². The SMILES string of the molecule is CC(C)(C)Cc1ccnc(-c2[c-]ccc3c2oc2cc(-c4ccccc4)ccc23)c1.[2H]C([2H])([2H])c1c[c-]c(-c2cc[c]([Ge]([CH3])([CH3])[CH3])cn2)cc1.[Ir]. The van der Waals surface area contributed by atoms with E-state index < -0.39 is 20.1 Å². The molecule has 4 aromatic carbocycles. The van der Waals surface area contributed by atoms with Crippen LogP contribution in [0.1, 0.15) is 36.0 Å². The van der Waals surface area contributed by atoms with E-state index in [2.05, 4.69) is 127 Å². The first-order chi connectivity index (χ1) is 23.7. The van der Waals surface area contributed by atoms with E-state index >= 15 is 0 Å². The number of nitrogens with zero attached hydrogens (tertiary/aromatic N) is 2. The monoisotopic (exact) mass is 872 g/mol. The van der Waals surface area contributed by atoms with Crippen LogP contribution in [0.25, 0.3) is 55.6 Å². The minimum Gasteiger partial charge on any atom is 0 e. The van der Waals surface area contributed by atoms with Gasteiger partial charge < -0.3 is 9.40 Å². The predicted octanol–water partition coefficient (Wildman–Crippen LogP) is 11.1. The first-order valence-corrected chi connectivity index (χ1v) is 23.4. The van der Waals surface area contributed by atoms with Gasteiger partial charge in [-0.3, -0.25) is 0 Å². The van der Waals surface area contributed by atoms with E-state index in [9.17, 15) is 0 Å².